The Balaban J connectivity index is 2.81. The molecule has 0 bridgehead atoms. The summed E-state index contributed by atoms with van der Waals surface area (Å²) in [6, 6.07) is 10.7. The first kappa shape index (κ1) is 10.1. The van der Waals surface area contributed by atoms with Gasteiger partial charge in [-0.1, -0.05) is 24.3 Å². The van der Waals surface area contributed by atoms with E-state index in [1.807, 2.05) is 25.1 Å². The Hall–Kier alpha value is -1.39. The van der Waals surface area contributed by atoms with Crippen LogP contribution in [0.5, 0.6) is 0 Å². The van der Waals surface area contributed by atoms with E-state index < -0.39 is 10.0 Å². The van der Waals surface area contributed by atoms with Crippen LogP contribution < -0.4 is 5.14 Å². The highest BCUT2D eigenvalue weighted by Gasteiger charge is 2.08. The molecule has 2 N–H and O–H groups in total. The zero-order chi connectivity index (χ0) is 11.1. The number of primary sulfonamides is 1. The number of nitrogens with two attached hydrogens (primary N) is 1. The minimum Gasteiger partial charge on any atom is -0.225 e. The maximum Gasteiger partial charge on any atom is 0.238 e. The van der Waals surface area contributed by atoms with E-state index in [1.54, 1.807) is 12.1 Å². The molecule has 0 spiro atoms. The van der Waals surface area contributed by atoms with Gasteiger partial charge in [0.25, 0.3) is 0 Å². The Bertz CT molecular complexity index is 618. The number of rotatable bonds is 1. The van der Waals surface area contributed by atoms with Gasteiger partial charge in [0.05, 0.1) is 4.90 Å². The van der Waals surface area contributed by atoms with Gasteiger partial charge in [0.2, 0.25) is 10.0 Å². The van der Waals surface area contributed by atoms with Crippen molar-refractivity contribution in [1.29, 1.82) is 0 Å². The molecule has 0 unspecified atom stereocenters. The highest BCUT2D eigenvalue weighted by atomic mass is 32.2. The van der Waals surface area contributed by atoms with Gasteiger partial charge in [-0.2, -0.15) is 0 Å². The van der Waals surface area contributed by atoms with Gasteiger partial charge in [-0.25, -0.2) is 13.6 Å². The fourth-order valence-corrected chi connectivity index (χ4v) is 2.12. The maximum atomic E-state index is 11.2. The van der Waals surface area contributed by atoms with Crippen LogP contribution in [0.1, 0.15) is 5.56 Å². The number of benzene rings is 2. The second-order valence-corrected chi connectivity index (χ2v) is 5.06. The summed E-state index contributed by atoms with van der Waals surface area (Å²) in [4.78, 5) is 0.157. The minimum atomic E-state index is -3.61. The summed E-state index contributed by atoms with van der Waals surface area (Å²) < 4.78 is 22.3. The summed E-state index contributed by atoms with van der Waals surface area (Å²) >= 11 is 0. The van der Waals surface area contributed by atoms with Crippen molar-refractivity contribution in [2.45, 2.75) is 11.8 Å². The number of hydrogen-bond acceptors (Lipinski definition) is 2. The highest BCUT2D eigenvalue weighted by molar-refractivity contribution is 7.89. The molecule has 0 saturated carbocycles. The summed E-state index contributed by atoms with van der Waals surface area (Å²) in [6.45, 7) is 1.94. The van der Waals surface area contributed by atoms with Crippen molar-refractivity contribution >= 4 is 20.8 Å². The smallest absolute Gasteiger partial charge is 0.225 e. The van der Waals surface area contributed by atoms with Gasteiger partial charge in [-0.15, -0.1) is 0 Å². The lowest BCUT2D eigenvalue weighted by Gasteiger charge is -2.04. The summed E-state index contributed by atoms with van der Waals surface area (Å²) in [5.41, 5.74) is 1.04. The predicted octanol–water partition coefficient (Wildman–Crippen LogP) is 1.80. The first-order valence-corrected chi connectivity index (χ1v) is 6.05. The van der Waals surface area contributed by atoms with E-state index in [0.29, 0.717) is 0 Å². The SMILES string of the molecule is Cc1cccc2ccc(S(N)(=O)=O)cc12. The van der Waals surface area contributed by atoms with Crippen LogP contribution in [-0.4, -0.2) is 8.42 Å². The first-order valence-electron chi connectivity index (χ1n) is 4.51. The first-order chi connectivity index (χ1) is 6.98. The molecule has 0 saturated heterocycles. The number of fused-ring (bicyclic) bond motifs is 1. The van der Waals surface area contributed by atoms with Crippen molar-refractivity contribution in [3.63, 3.8) is 0 Å². The molecule has 0 heterocycles. The van der Waals surface area contributed by atoms with Crippen molar-refractivity contribution in [2.75, 3.05) is 0 Å². The van der Waals surface area contributed by atoms with E-state index in [2.05, 4.69) is 0 Å². The molecule has 0 fully saturated rings. The Kier molecular flexibility index (Phi) is 2.25. The lowest BCUT2D eigenvalue weighted by molar-refractivity contribution is 0.598. The third-order valence-corrected chi connectivity index (χ3v) is 3.31. The summed E-state index contributed by atoms with van der Waals surface area (Å²) in [5, 5.41) is 7.01. The van der Waals surface area contributed by atoms with E-state index in [4.69, 9.17) is 5.14 Å². The number of sulfonamides is 1. The molecule has 15 heavy (non-hydrogen) atoms. The fraction of sp³-hybridized carbons (Fsp3) is 0.0909. The van der Waals surface area contributed by atoms with Crippen LogP contribution in [0.4, 0.5) is 0 Å². The third kappa shape index (κ3) is 1.86. The van der Waals surface area contributed by atoms with Gasteiger partial charge in [-0.3, -0.25) is 0 Å². The van der Waals surface area contributed by atoms with Crippen LogP contribution in [0.25, 0.3) is 10.8 Å². The van der Waals surface area contributed by atoms with E-state index in [0.717, 1.165) is 16.3 Å². The van der Waals surface area contributed by atoms with Gasteiger partial charge in [-0.05, 0) is 35.4 Å². The summed E-state index contributed by atoms with van der Waals surface area (Å²) in [5.74, 6) is 0. The Morgan fingerprint density at radius 1 is 1.13 bits per heavy atom. The number of aryl methyl sites for hydroxylation is 1. The molecule has 0 aliphatic heterocycles. The van der Waals surface area contributed by atoms with E-state index in [1.165, 1.54) is 6.07 Å². The van der Waals surface area contributed by atoms with E-state index >= 15 is 0 Å². The van der Waals surface area contributed by atoms with Gasteiger partial charge >= 0.3 is 0 Å². The minimum absolute atomic E-state index is 0.157. The number of hydrogen-bond donors (Lipinski definition) is 1. The quantitative estimate of drug-likeness (QED) is 0.798. The Morgan fingerprint density at radius 3 is 2.53 bits per heavy atom. The second kappa shape index (κ2) is 3.32. The summed E-state index contributed by atoms with van der Waals surface area (Å²) in [7, 11) is -3.61. The largest absolute Gasteiger partial charge is 0.238 e. The molecule has 4 heteroatoms. The van der Waals surface area contributed by atoms with Crippen LogP contribution >= 0.6 is 0 Å². The lowest BCUT2D eigenvalue weighted by Crippen LogP contribution is -2.11. The van der Waals surface area contributed by atoms with E-state index in [-0.39, 0.29) is 4.90 Å². The molecule has 2 rings (SSSR count). The molecule has 2 aromatic rings. The van der Waals surface area contributed by atoms with Gasteiger partial charge < -0.3 is 0 Å². The van der Waals surface area contributed by atoms with Crippen molar-refractivity contribution in [3.8, 4) is 0 Å². The monoisotopic (exact) mass is 221 g/mol. The van der Waals surface area contributed by atoms with Gasteiger partial charge in [0.15, 0.2) is 0 Å². The molecule has 0 radical (unpaired) electrons. The highest BCUT2D eigenvalue weighted by Crippen LogP contribution is 2.21. The average Bonchev–Trinajstić information content (AvgIpc) is 2.16. The molecule has 0 aromatic heterocycles. The van der Waals surface area contributed by atoms with Crippen LogP contribution in [0.2, 0.25) is 0 Å². The van der Waals surface area contributed by atoms with E-state index in [9.17, 15) is 8.42 Å². The maximum absolute atomic E-state index is 11.2. The third-order valence-electron chi connectivity index (χ3n) is 2.40. The molecular weight excluding hydrogens is 210 g/mol. The summed E-state index contributed by atoms with van der Waals surface area (Å²) in [6.07, 6.45) is 0. The van der Waals surface area contributed by atoms with Crippen molar-refractivity contribution in [1.82, 2.24) is 0 Å². The van der Waals surface area contributed by atoms with Crippen LogP contribution in [0.15, 0.2) is 41.3 Å². The van der Waals surface area contributed by atoms with Crippen molar-refractivity contribution in [2.24, 2.45) is 5.14 Å². The van der Waals surface area contributed by atoms with Gasteiger partial charge in [0, 0.05) is 0 Å². The zero-order valence-electron chi connectivity index (χ0n) is 8.27. The van der Waals surface area contributed by atoms with Crippen molar-refractivity contribution < 1.29 is 8.42 Å². The molecule has 0 amide bonds. The van der Waals surface area contributed by atoms with Crippen molar-refractivity contribution in [3.05, 3.63) is 42.0 Å². The van der Waals surface area contributed by atoms with Crippen LogP contribution in [0, 0.1) is 6.92 Å². The second-order valence-electron chi connectivity index (χ2n) is 3.50. The Morgan fingerprint density at radius 2 is 1.87 bits per heavy atom. The lowest BCUT2D eigenvalue weighted by atomic mass is 10.1. The Labute approximate surface area is 88.6 Å². The fourth-order valence-electron chi connectivity index (χ4n) is 1.59. The predicted molar refractivity (Wildman–Crippen MR) is 60.1 cm³/mol. The molecule has 78 valence electrons. The molecule has 0 atom stereocenters. The molecule has 2 aromatic carbocycles. The molecule has 0 aliphatic rings. The van der Waals surface area contributed by atoms with Gasteiger partial charge in [0.1, 0.15) is 0 Å². The molecule has 3 nitrogen and oxygen atoms in total. The molecular formula is C11H11NO2S. The molecule has 0 aliphatic carbocycles. The van der Waals surface area contributed by atoms with Crippen LogP contribution in [-0.2, 0) is 10.0 Å². The average molecular weight is 221 g/mol. The standard InChI is InChI=1S/C11H11NO2S/c1-8-3-2-4-9-5-6-10(7-11(8)9)15(12,13)14/h2-7H,1H3,(H2,12,13,14). The normalized spacial score (nSPS) is 11.9. The zero-order valence-corrected chi connectivity index (χ0v) is 9.08. The van der Waals surface area contributed by atoms with Crippen LogP contribution in [0.3, 0.4) is 0 Å². The topological polar surface area (TPSA) is 60.2 Å².